The van der Waals surface area contributed by atoms with E-state index < -0.39 is 0 Å². The molecule has 0 amide bonds. The topological polar surface area (TPSA) is 70.2 Å². The number of halogens is 1. The van der Waals surface area contributed by atoms with E-state index in [-0.39, 0.29) is 5.56 Å². The van der Waals surface area contributed by atoms with Gasteiger partial charge in [0.2, 0.25) is 0 Å². The Labute approximate surface area is 135 Å². The number of nitrogens with one attached hydrogen (secondary N) is 2. The highest BCUT2D eigenvalue weighted by Crippen LogP contribution is 2.22. The summed E-state index contributed by atoms with van der Waals surface area (Å²) in [6, 6.07) is 8.11. The molecule has 1 saturated heterocycles. The molecule has 2 aromatic rings. The first-order valence-corrected chi connectivity index (χ1v) is 7.75. The van der Waals surface area contributed by atoms with Gasteiger partial charge in [-0.25, -0.2) is 4.98 Å². The molecule has 21 heavy (non-hydrogen) atoms. The van der Waals surface area contributed by atoms with E-state index in [9.17, 15) is 4.79 Å². The number of aromatic amines is 1. The zero-order chi connectivity index (χ0) is 14.7. The molecule has 1 fully saturated rings. The van der Waals surface area contributed by atoms with Crippen molar-refractivity contribution in [3.05, 3.63) is 44.5 Å². The quantitative estimate of drug-likeness (QED) is 0.774. The molecule has 7 heteroatoms. The van der Waals surface area contributed by atoms with Gasteiger partial charge in [0.25, 0.3) is 5.56 Å². The summed E-state index contributed by atoms with van der Waals surface area (Å²) in [4.78, 5) is 20.5. The highest BCUT2D eigenvalue weighted by Gasteiger charge is 2.11. The molecule has 0 saturated carbocycles. The van der Waals surface area contributed by atoms with Crippen molar-refractivity contribution < 1.29 is 4.74 Å². The molecule has 1 aromatic carbocycles. The van der Waals surface area contributed by atoms with E-state index >= 15 is 0 Å². The minimum Gasteiger partial charge on any atom is -0.378 e. The highest BCUT2D eigenvalue weighted by atomic mass is 127. The van der Waals surface area contributed by atoms with Crippen LogP contribution in [0.15, 0.2) is 35.4 Å². The maximum atomic E-state index is 11.5. The fourth-order valence-electron chi connectivity index (χ4n) is 2.18. The number of hydrogen-bond donors (Lipinski definition) is 2. The molecule has 0 spiro atoms. The lowest BCUT2D eigenvalue weighted by Crippen LogP contribution is -2.36. The summed E-state index contributed by atoms with van der Waals surface area (Å²) >= 11 is 1.98. The third-order valence-electron chi connectivity index (χ3n) is 3.30. The Kier molecular flexibility index (Phi) is 4.39. The number of anilines is 3. The third kappa shape index (κ3) is 3.35. The zero-order valence-corrected chi connectivity index (χ0v) is 13.5. The van der Waals surface area contributed by atoms with Crippen LogP contribution in [0.4, 0.5) is 17.2 Å². The summed E-state index contributed by atoms with van der Waals surface area (Å²) in [6.07, 6.45) is 1.40. The molecule has 2 N–H and O–H groups in total. The molecule has 0 bridgehead atoms. The van der Waals surface area contributed by atoms with Crippen molar-refractivity contribution in [2.75, 3.05) is 36.5 Å². The van der Waals surface area contributed by atoms with Crippen LogP contribution in [0.25, 0.3) is 0 Å². The van der Waals surface area contributed by atoms with Crippen LogP contribution in [-0.2, 0) is 4.74 Å². The second-order valence-corrected chi connectivity index (χ2v) is 5.74. The summed E-state index contributed by atoms with van der Waals surface area (Å²) in [5.74, 6) is 0.568. The standard InChI is InChI=1S/C14H15IN4O2/c15-12-13(16-9-17-14(12)20)18-10-1-3-11(4-2-10)19-5-7-21-8-6-19/h1-4,9H,5-8H2,(H2,16,17,18,20). The molecule has 0 aliphatic carbocycles. The van der Waals surface area contributed by atoms with E-state index in [0.717, 1.165) is 32.0 Å². The van der Waals surface area contributed by atoms with Crippen LogP contribution in [0.1, 0.15) is 0 Å². The Bertz CT molecular complexity index is 665. The lowest BCUT2D eigenvalue weighted by molar-refractivity contribution is 0.122. The minimum atomic E-state index is -0.141. The Morgan fingerprint density at radius 2 is 1.95 bits per heavy atom. The van der Waals surface area contributed by atoms with E-state index in [1.807, 2.05) is 34.7 Å². The number of benzene rings is 1. The van der Waals surface area contributed by atoms with Gasteiger partial charge < -0.3 is 19.9 Å². The first-order valence-electron chi connectivity index (χ1n) is 6.67. The SMILES string of the molecule is O=c1[nH]cnc(Nc2ccc(N3CCOCC3)cc2)c1I. The predicted molar refractivity (Wildman–Crippen MR) is 90.3 cm³/mol. The van der Waals surface area contributed by atoms with Crippen LogP contribution in [0, 0.1) is 3.57 Å². The predicted octanol–water partition coefficient (Wildman–Crippen LogP) is 1.95. The molecule has 110 valence electrons. The molecule has 0 atom stereocenters. The van der Waals surface area contributed by atoms with Crippen molar-refractivity contribution in [1.29, 1.82) is 0 Å². The van der Waals surface area contributed by atoms with Gasteiger partial charge in [-0.1, -0.05) is 0 Å². The fourth-order valence-corrected chi connectivity index (χ4v) is 2.61. The highest BCUT2D eigenvalue weighted by molar-refractivity contribution is 14.1. The van der Waals surface area contributed by atoms with E-state index in [1.165, 1.54) is 12.0 Å². The second kappa shape index (κ2) is 6.44. The van der Waals surface area contributed by atoms with Gasteiger partial charge in [0, 0.05) is 24.5 Å². The zero-order valence-electron chi connectivity index (χ0n) is 11.3. The van der Waals surface area contributed by atoms with Crippen LogP contribution >= 0.6 is 22.6 Å². The summed E-state index contributed by atoms with van der Waals surface area (Å²) in [5.41, 5.74) is 1.94. The molecule has 1 aliphatic heterocycles. The van der Waals surface area contributed by atoms with E-state index in [0.29, 0.717) is 9.39 Å². The van der Waals surface area contributed by atoms with Crippen LogP contribution in [0.3, 0.4) is 0 Å². The maximum Gasteiger partial charge on any atom is 0.266 e. The number of hydrogen-bond acceptors (Lipinski definition) is 5. The van der Waals surface area contributed by atoms with Crippen molar-refractivity contribution in [1.82, 2.24) is 9.97 Å². The summed E-state index contributed by atoms with van der Waals surface area (Å²) in [6.45, 7) is 3.38. The van der Waals surface area contributed by atoms with Crippen molar-refractivity contribution in [3.8, 4) is 0 Å². The minimum absolute atomic E-state index is 0.141. The third-order valence-corrected chi connectivity index (χ3v) is 4.30. The number of nitrogens with zero attached hydrogens (tertiary/aromatic N) is 2. The van der Waals surface area contributed by atoms with Gasteiger partial charge >= 0.3 is 0 Å². The average molecular weight is 398 g/mol. The molecule has 6 nitrogen and oxygen atoms in total. The van der Waals surface area contributed by atoms with Crippen molar-refractivity contribution in [2.45, 2.75) is 0 Å². The first kappa shape index (κ1) is 14.3. The van der Waals surface area contributed by atoms with Gasteiger partial charge in [-0.05, 0) is 46.9 Å². The van der Waals surface area contributed by atoms with Crippen molar-refractivity contribution in [2.24, 2.45) is 0 Å². The van der Waals surface area contributed by atoms with Crippen molar-refractivity contribution >= 4 is 39.8 Å². The van der Waals surface area contributed by atoms with E-state index in [4.69, 9.17) is 4.74 Å². The molecule has 1 aromatic heterocycles. The van der Waals surface area contributed by atoms with Gasteiger partial charge in [0.1, 0.15) is 3.57 Å². The van der Waals surface area contributed by atoms with Gasteiger partial charge in [0.05, 0.1) is 19.5 Å². The molecule has 0 unspecified atom stereocenters. The molecule has 1 aliphatic rings. The second-order valence-electron chi connectivity index (χ2n) is 4.67. The number of H-pyrrole nitrogens is 1. The van der Waals surface area contributed by atoms with Crippen LogP contribution in [0.5, 0.6) is 0 Å². The van der Waals surface area contributed by atoms with Crippen LogP contribution < -0.4 is 15.8 Å². The lowest BCUT2D eigenvalue weighted by atomic mass is 10.2. The summed E-state index contributed by atoms with van der Waals surface area (Å²) in [5, 5.41) is 3.16. The number of ether oxygens (including phenoxy) is 1. The van der Waals surface area contributed by atoms with Gasteiger partial charge in [-0.3, -0.25) is 4.79 Å². The largest absolute Gasteiger partial charge is 0.378 e. The Balaban J connectivity index is 1.75. The molecule has 0 radical (unpaired) electrons. The monoisotopic (exact) mass is 398 g/mol. The lowest BCUT2D eigenvalue weighted by Gasteiger charge is -2.28. The Morgan fingerprint density at radius 1 is 1.24 bits per heavy atom. The normalized spacial score (nSPS) is 15.0. The Morgan fingerprint density at radius 3 is 2.67 bits per heavy atom. The number of rotatable bonds is 3. The van der Waals surface area contributed by atoms with Gasteiger partial charge in [-0.2, -0.15) is 0 Å². The first-order chi connectivity index (χ1) is 10.2. The van der Waals surface area contributed by atoms with Gasteiger partial charge in [0.15, 0.2) is 5.82 Å². The smallest absolute Gasteiger partial charge is 0.266 e. The summed E-state index contributed by atoms with van der Waals surface area (Å²) < 4.78 is 5.90. The van der Waals surface area contributed by atoms with E-state index in [2.05, 4.69) is 32.3 Å². The van der Waals surface area contributed by atoms with E-state index in [1.54, 1.807) is 0 Å². The van der Waals surface area contributed by atoms with Crippen LogP contribution in [0.2, 0.25) is 0 Å². The molecule has 2 heterocycles. The van der Waals surface area contributed by atoms with Crippen molar-refractivity contribution in [3.63, 3.8) is 0 Å². The molecule has 3 rings (SSSR count). The maximum absolute atomic E-state index is 11.5. The van der Waals surface area contributed by atoms with Gasteiger partial charge in [-0.15, -0.1) is 0 Å². The molecular formula is C14H15IN4O2. The fraction of sp³-hybridized carbons (Fsp3) is 0.286. The Hall–Kier alpha value is -1.61. The number of morpholine rings is 1. The summed E-state index contributed by atoms with van der Waals surface area (Å²) in [7, 11) is 0. The number of aromatic nitrogens is 2. The van der Waals surface area contributed by atoms with Crippen LogP contribution in [-0.4, -0.2) is 36.3 Å². The molecular weight excluding hydrogens is 383 g/mol. The average Bonchev–Trinajstić information content (AvgIpc) is 2.53.